The summed E-state index contributed by atoms with van der Waals surface area (Å²) in [6.45, 7) is 4.25. The molecule has 3 N–H and O–H groups in total. The molecule has 0 spiro atoms. The van der Waals surface area contributed by atoms with Crippen molar-refractivity contribution < 1.29 is 9.59 Å². The Hall–Kier alpha value is -0.920. The van der Waals surface area contributed by atoms with Gasteiger partial charge in [-0.2, -0.15) is 0 Å². The summed E-state index contributed by atoms with van der Waals surface area (Å²) in [4.78, 5) is 24.3. The third-order valence-electron chi connectivity index (χ3n) is 2.97. The molecule has 1 aromatic rings. The van der Waals surface area contributed by atoms with Crippen molar-refractivity contribution in [3.05, 3.63) is 20.8 Å². The van der Waals surface area contributed by atoms with Crippen LogP contribution in [0.3, 0.4) is 0 Å². The summed E-state index contributed by atoms with van der Waals surface area (Å²) in [5.74, 6) is 0.152. The Morgan fingerprint density at radius 3 is 2.79 bits per heavy atom. The lowest BCUT2D eigenvalue weighted by Crippen LogP contribution is -2.51. The summed E-state index contributed by atoms with van der Waals surface area (Å²) in [6.07, 6.45) is 0. The molecule has 1 fully saturated rings. The lowest BCUT2D eigenvalue weighted by atomic mass is 10.0. The van der Waals surface area contributed by atoms with Crippen LogP contribution in [0.1, 0.15) is 16.6 Å². The number of nitrogens with one attached hydrogen (secondary N) is 3. The first-order chi connectivity index (χ1) is 9.06. The zero-order chi connectivity index (χ0) is 13.8. The van der Waals surface area contributed by atoms with E-state index in [4.69, 9.17) is 0 Å². The van der Waals surface area contributed by atoms with Crippen molar-refractivity contribution in [2.75, 3.05) is 19.6 Å². The highest BCUT2D eigenvalue weighted by atomic mass is 79.9. The Bertz CT molecular complexity index is 473. The Kier molecular flexibility index (Phi) is 4.95. The molecule has 1 saturated heterocycles. The monoisotopic (exact) mass is 345 g/mol. The summed E-state index contributed by atoms with van der Waals surface area (Å²) >= 11 is 4.65. The highest BCUT2D eigenvalue weighted by molar-refractivity contribution is 9.11. The van der Waals surface area contributed by atoms with Gasteiger partial charge >= 0.3 is 0 Å². The molecular formula is C12H16BrN3O2S. The first-order valence-corrected chi connectivity index (χ1v) is 7.72. The van der Waals surface area contributed by atoms with E-state index >= 15 is 0 Å². The Labute approximate surface area is 124 Å². The van der Waals surface area contributed by atoms with Crippen LogP contribution in [-0.2, 0) is 4.79 Å². The molecule has 1 aliphatic heterocycles. The van der Waals surface area contributed by atoms with E-state index in [-0.39, 0.29) is 11.8 Å². The maximum Gasteiger partial charge on any atom is 0.262 e. The summed E-state index contributed by atoms with van der Waals surface area (Å²) in [5.41, 5.74) is 0. The number of carbonyl (C=O) groups excluding carboxylic acids is 2. The van der Waals surface area contributed by atoms with Gasteiger partial charge in [0.1, 0.15) is 6.04 Å². The van der Waals surface area contributed by atoms with E-state index < -0.39 is 6.04 Å². The Morgan fingerprint density at radius 1 is 1.53 bits per heavy atom. The smallest absolute Gasteiger partial charge is 0.262 e. The number of carbonyl (C=O) groups is 2. The molecule has 0 bridgehead atoms. The molecule has 2 amide bonds. The second-order valence-electron chi connectivity index (χ2n) is 4.57. The number of halogens is 1. The molecule has 19 heavy (non-hydrogen) atoms. The summed E-state index contributed by atoms with van der Waals surface area (Å²) in [5, 5.41) is 8.69. The van der Waals surface area contributed by atoms with E-state index in [2.05, 4.69) is 31.9 Å². The van der Waals surface area contributed by atoms with Crippen molar-refractivity contribution in [1.29, 1.82) is 0 Å². The van der Waals surface area contributed by atoms with Gasteiger partial charge in [0, 0.05) is 25.6 Å². The minimum Gasteiger partial charge on any atom is -0.354 e. The molecule has 0 aromatic carbocycles. The third-order valence-corrected chi connectivity index (χ3v) is 4.59. The van der Waals surface area contributed by atoms with Crippen LogP contribution in [0.5, 0.6) is 0 Å². The highest BCUT2D eigenvalue weighted by Gasteiger charge is 2.21. The summed E-state index contributed by atoms with van der Waals surface area (Å²) < 4.78 is 0.896. The van der Waals surface area contributed by atoms with Crippen LogP contribution in [0.15, 0.2) is 15.9 Å². The molecule has 1 unspecified atom stereocenters. The van der Waals surface area contributed by atoms with Gasteiger partial charge in [-0.15, -0.1) is 11.3 Å². The van der Waals surface area contributed by atoms with Crippen LogP contribution in [0.4, 0.5) is 0 Å². The average molecular weight is 346 g/mol. The average Bonchev–Trinajstić information content (AvgIpc) is 2.73. The van der Waals surface area contributed by atoms with Crippen molar-refractivity contribution in [3.63, 3.8) is 0 Å². The first kappa shape index (κ1) is 14.5. The van der Waals surface area contributed by atoms with Crippen molar-refractivity contribution in [2.45, 2.75) is 13.0 Å². The number of hydrogen-bond acceptors (Lipinski definition) is 4. The van der Waals surface area contributed by atoms with E-state index in [1.807, 2.05) is 6.07 Å². The minimum absolute atomic E-state index is 0.143. The van der Waals surface area contributed by atoms with Gasteiger partial charge in [-0.1, -0.05) is 0 Å². The molecular weight excluding hydrogens is 330 g/mol. The maximum absolute atomic E-state index is 11.9. The minimum atomic E-state index is -0.526. The molecule has 7 heteroatoms. The molecule has 1 atom stereocenters. The van der Waals surface area contributed by atoms with E-state index in [9.17, 15) is 9.59 Å². The zero-order valence-corrected chi connectivity index (χ0v) is 12.9. The van der Waals surface area contributed by atoms with Crippen LogP contribution in [0.25, 0.3) is 0 Å². The van der Waals surface area contributed by atoms with Gasteiger partial charge in [-0.05, 0) is 35.0 Å². The van der Waals surface area contributed by atoms with E-state index in [1.54, 1.807) is 13.0 Å². The van der Waals surface area contributed by atoms with Gasteiger partial charge < -0.3 is 16.0 Å². The van der Waals surface area contributed by atoms with Crippen LogP contribution in [0.2, 0.25) is 0 Å². The third kappa shape index (κ3) is 4.02. The van der Waals surface area contributed by atoms with Crippen molar-refractivity contribution in [2.24, 2.45) is 5.92 Å². The fourth-order valence-electron chi connectivity index (χ4n) is 1.66. The lowest BCUT2D eigenvalue weighted by Gasteiger charge is -2.27. The number of thiophene rings is 1. The van der Waals surface area contributed by atoms with Gasteiger partial charge in [-0.25, -0.2) is 0 Å². The van der Waals surface area contributed by atoms with Gasteiger partial charge in [0.2, 0.25) is 5.91 Å². The molecule has 0 radical (unpaired) electrons. The van der Waals surface area contributed by atoms with E-state index in [0.29, 0.717) is 17.3 Å². The molecule has 5 nitrogen and oxygen atoms in total. The Morgan fingerprint density at radius 2 is 2.26 bits per heavy atom. The van der Waals surface area contributed by atoms with Gasteiger partial charge in [0.05, 0.1) is 8.66 Å². The molecule has 0 saturated carbocycles. The van der Waals surface area contributed by atoms with Crippen LogP contribution >= 0.6 is 27.3 Å². The first-order valence-electron chi connectivity index (χ1n) is 6.11. The largest absolute Gasteiger partial charge is 0.354 e. The zero-order valence-electron chi connectivity index (χ0n) is 10.5. The van der Waals surface area contributed by atoms with Crippen molar-refractivity contribution in [1.82, 2.24) is 16.0 Å². The Balaban J connectivity index is 1.77. The van der Waals surface area contributed by atoms with Crippen molar-refractivity contribution in [3.8, 4) is 0 Å². The summed E-state index contributed by atoms with van der Waals surface area (Å²) in [6, 6.07) is 3.02. The quantitative estimate of drug-likeness (QED) is 0.744. The van der Waals surface area contributed by atoms with Gasteiger partial charge in [-0.3, -0.25) is 9.59 Å². The molecule has 1 aliphatic rings. The number of rotatable bonds is 5. The van der Waals surface area contributed by atoms with Gasteiger partial charge in [0.25, 0.3) is 5.91 Å². The molecule has 2 rings (SSSR count). The molecule has 2 heterocycles. The maximum atomic E-state index is 11.9. The van der Waals surface area contributed by atoms with Crippen molar-refractivity contribution >= 4 is 39.1 Å². The van der Waals surface area contributed by atoms with Crippen LogP contribution in [0, 0.1) is 5.92 Å². The van der Waals surface area contributed by atoms with Gasteiger partial charge in [0.15, 0.2) is 0 Å². The van der Waals surface area contributed by atoms with Crippen LogP contribution in [-0.4, -0.2) is 37.5 Å². The lowest BCUT2D eigenvalue weighted by molar-refractivity contribution is -0.122. The molecule has 0 aliphatic carbocycles. The second-order valence-corrected chi connectivity index (χ2v) is 7.03. The summed E-state index contributed by atoms with van der Waals surface area (Å²) in [7, 11) is 0. The fourth-order valence-corrected chi connectivity index (χ4v) is 2.95. The predicted molar refractivity (Wildman–Crippen MR) is 78.3 cm³/mol. The number of amides is 2. The predicted octanol–water partition coefficient (Wildman–Crippen LogP) is 0.964. The van der Waals surface area contributed by atoms with E-state index in [1.165, 1.54) is 11.3 Å². The van der Waals surface area contributed by atoms with Crippen LogP contribution < -0.4 is 16.0 Å². The molecule has 104 valence electrons. The number of hydrogen-bond donors (Lipinski definition) is 3. The standard InChI is InChI=1S/C12H16BrN3O2S/c1-7(11(17)15-6-8-4-14-5-8)16-12(18)9-2-3-10(13)19-9/h2-3,7-8,14H,4-6H2,1H3,(H,15,17)(H,16,18). The fraction of sp³-hybridized carbons (Fsp3) is 0.500. The normalized spacial score (nSPS) is 16.5. The second kappa shape index (κ2) is 6.49. The SMILES string of the molecule is CC(NC(=O)c1ccc(Br)s1)C(=O)NCC1CNC1. The molecule has 1 aromatic heterocycles. The topological polar surface area (TPSA) is 70.2 Å². The van der Waals surface area contributed by atoms with E-state index in [0.717, 1.165) is 16.9 Å². The highest BCUT2D eigenvalue weighted by Crippen LogP contribution is 2.21.